The highest BCUT2D eigenvalue weighted by atomic mass is 35.5. The topological polar surface area (TPSA) is 71.5 Å². The number of hydrazone groups is 1. The van der Waals surface area contributed by atoms with Crippen molar-refractivity contribution < 1.29 is 9.59 Å². The van der Waals surface area contributed by atoms with Crippen LogP contribution in [0.15, 0.2) is 53.6 Å². The number of amides is 3. The van der Waals surface area contributed by atoms with Crippen molar-refractivity contribution in [1.82, 2.24) is 25.0 Å². The zero-order valence-electron chi connectivity index (χ0n) is 17.6. The first-order chi connectivity index (χ1) is 15.3. The minimum absolute atomic E-state index is 0.225. The highest BCUT2D eigenvalue weighted by molar-refractivity contribution is 6.42. The van der Waals surface area contributed by atoms with Crippen molar-refractivity contribution in [3.63, 3.8) is 0 Å². The number of likely N-dealkylation sites (N-methyl/N-ethyl adjacent to an activating group) is 2. The van der Waals surface area contributed by atoms with E-state index in [2.05, 4.69) is 10.2 Å². The van der Waals surface area contributed by atoms with E-state index in [0.29, 0.717) is 23.1 Å². The number of nitrogens with zero attached hydrogens (tertiary/aromatic N) is 5. The summed E-state index contributed by atoms with van der Waals surface area (Å²) in [6.45, 7) is 0.921. The zero-order chi connectivity index (χ0) is 22.6. The van der Waals surface area contributed by atoms with Crippen LogP contribution in [0.1, 0.15) is 11.1 Å². The van der Waals surface area contributed by atoms with Crippen LogP contribution in [0.3, 0.4) is 0 Å². The molecule has 8 nitrogen and oxygen atoms in total. The van der Waals surface area contributed by atoms with E-state index < -0.39 is 12.2 Å². The monoisotopic (exact) mass is 472 g/mol. The Morgan fingerprint density at radius 1 is 1.06 bits per heavy atom. The van der Waals surface area contributed by atoms with E-state index in [1.807, 2.05) is 47.5 Å². The molecule has 2 saturated heterocycles. The summed E-state index contributed by atoms with van der Waals surface area (Å²) in [7, 11) is 3.23. The number of nitrogens with one attached hydrogen (secondary N) is 1. The fraction of sp³-hybridized carbons (Fsp3) is 0.318. The van der Waals surface area contributed by atoms with Gasteiger partial charge in [0.25, 0.3) is 5.91 Å². The van der Waals surface area contributed by atoms with E-state index in [1.165, 1.54) is 11.9 Å². The standard InChI is InChI=1S/C22H22Cl2N6O2/c1-27-19-18(20(31)28(2)22(27)32)29-12-17(14-6-4-3-5-7-14)26-30(21(29)25-19)11-13-8-9-15(23)16(24)10-13/h3-10,18-19,21,25H,11-12H2,1-2H3. The maximum absolute atomic E-state index is 13.1. The van der Waals surface area contributed by atoms with Crippen molar-refractivity contribution in [3.8, 4) is 0 Å². The van der Waals surface area contributed by atoms with E-state index in [1.54, 1.807) is 18.0 Å². The summed E-state index contributed by atoms with van der Waals surface area (Å²) < 4.78 is 0. The van der Waals surface area contributed by atoms with Crippen LogP contribution in [0.25, 0.3) is 0 Å². The van der Waals surface area contributed by atoms with E-state index in [9.17, 15) is 9.59 Å². The molecule has 0 aliphatic carbocycles. The molecule has 0 spiro atoms. The number of rotatable bonds is 3. The third-order valence-electron chi connectivity index (χ3n) is 6.18. The molecule has 2 fully saturated rings. The van der Waals surface area contributed by atoms with Crippen molar-refractivity contribution in [2.45, 2.75) is 25.0 Å². The normalized spacial score (nSPS) is 25.7. The number of carbonyl (C=O) groups is 2. The van der Waals surface area contributed by atoms with Gasteiger partial charge in [-0.05, 0) is 23.3 Å². The second-order valence-corrected chi connectivity index (χ2v) is 8.97. The first-order valence-electron chi connectivity index (χ1n) is 10.2. The van der Waals surface area contributed by atoms with E-state index >= 15 is 0 Å². The van der Waals surface area contributed by atoms with Gasteiger partial charge in [-0.3, -0.25) is 20.0 Å². The molecule has 3 aliphatic rings. The van der Waals surface area contributed by atoms with Gasteiger partial charge in [-0.25, -0.2) is 9.69 Å². The summed E-state index contributed by atoms with van der Waals surface area (Å²) >= 11 is 12.3. The summed E-state index contributed by atoms with van der Waals surface area (Å²) in [5.74, 6) is -0.225. The Labute approximate surface area is 196 Å². The number of urea groups is 1. The van der Waals surface area contributed by atoms with Crippen LogP contribution in [0.5, 0.6) is 0 Å². The minimum Gasteiger partial charge on any atom is -0.310 e. The fourth-order valence-corrected chi connectivity index (χ4v) is 4.83. The lowest BCUT2D eigenvalue weighted by Gasteiger charge is -2.41. The second-order valence-electron chi connectivity index (χ2n) is 8.15. The van der Waals surface area contributed by atoms with Crippen LogP contribution in [-0.2, 0) is 11.3 Å². The van der Waals surface area contributed by atoms with Gasteiger partial charge in [0.15, 0.2) is 6.29 Å². The number of hydrogen-bond acceptors (Lipinski definition) is 6. The number of fused-ring (bicyclic) bond motifs is 3. The third kappa shape index (κ3) is 3.44. The summed E-state index contributed by atoms with van der Waals surface area (Å²) in [5, 5.41) is 11.2. The molecule has 3 amide bonds. The molecule has 10 heteroatoms. The van der Waals surface area contributed by atoms with Gasteiger partial charge in [0, 0.05) is 20.6 Å². The number of hydrogen-bond donors (Lipinski definition) is 1. The molecule has 2 aromatic rings. The quantitative estimate of drug-likeness (QED) is 0.743. The van der Waals surface area contributed by atoms with Crippen LogP contribution < -0.4 is 5.32 Å². The number of carbonyl (C=O) groups excluding carboxylic acids is 2. The van der Waals surface area contributed by atoms with Crippen LogP contribution >= 0.6 is 23.2 Å². The molecule has 2 aromatic carbocycles. The average Bonchev–Trinajstić information content (AvgIpc) is 3.19. The Morgan fingerprint density at radius 2 is 1.81 bits per heavy atom. The lowest BCUT2D eigenvalue weighted by atomic mass is 10.1. The molecule has 5 rings (SSSR count). The van der Waals surface area contributed by atoms with E-state index in [4.69, 9.17) is 28.3 Å². The molecule has 3 atom stereocenters. The molecule has 32 heavy (non-hydrogen) atoms. The molecular weight excluding hydrogens is 451 g/mol. The van der Waals surface area contributed by atoms with Crippen LogP contribution in [-0.4, -0.2) is 76.5 Å². The lowest BCUT2D eigenvalue weighted by molar-refractivity contribution is -0.137. The van der Waals surface area contributed by atoms with Gasteiger partial charge in [0.05, 0.1) is 22.3 Å². The Morgan fingerprint density at radius 3 is 2.53 bits per heavy atom. The summed E-state index contributed by atoms with van der Waals surface area (Å²) in [6, 6.07) is 14.5. The zero-order valence-corrected chi connectivity index (χ0v) is 19.1. The number of imide groups is 1. The van der Waals surface area contributed by atoms with Gasteiger partial charge in [-0.15, -0.1) is 0 Å². The molecule has 0 bridgehead atoms. The molecular formula is C22H22Cl2N6O2. The van der Waals surface area contributed by atoms with Gasteiger partial charge in [0.1, 0.15) is 12.2 Å². The van der Waals surface area contributed by atoms with Gasteiger partial charge >= 0.3 is 6.03 Å². The van der Waals surface area contributed by atoms with Gasteiger partial charge in [-0.1, -0.05) is 59.6 Å². The number of benzene rings is 2. The van der Waals surface area contributed by atoms with Gasteiger partial charge < -0.3 is 4.90 Å². The Balaban J connectivity index is 1.54. The number of halogens is 2. The molecule has 0 radical (unpaired) electrons. The summed E-state index contributed by atoms with van der Waals surface area (Å²) in [6.07, 6.45) is -0.810. The maximum Gasteiger partial charge on any atom is 0.327 e. The summed E-state index contributed by atoms with van der Waals surface area (Å²) in [5.41, 5.74) is 2.76. The predicted octanol–water partition coefficient (Wildman–Crippen LogP) is 2.62. The molecule has 0 saturated carbocycles. The predicted molar refractivity (Wildman–Crippen MR) is 122 cm³/mol. The molecule has 0 aromatic heterocycles. The molecule has 3 unspecified atom stereocenters. The van der Waals surface area contributed by atoms with Crippen molar-refractivity contribution in [1.29, 1.82) is 0 Å². The largest absolute Gasteiger partial charge is 0.327 e. The van der Waals surface area contributed by atoms with Crippen molar-refractivity contribution in [2.24, 2.45) is 5.10 Å². The first kappa shape index (κ1) is 21.2. The van der Waals surface area contributed by atoms with Crippen LogP contribution in [0.4, 0.5) is 4.79 Å². The highest BCUT2D eigenvalue weighted by Gasteiger charge is 2.55. The molecule has 1 N–H and O–H groups in total. The van der Waals surface area contributed by atoms with Gasteiger partial charge in [0.2, 0.25) is 0 Å². The average molecular weight is 473 g/mol. The Kier molecular flexibility index (Phi) is 5.33. The molecule has 3 aliphatic heterocycles. The maximum atomic E-state index is 13.1. The summed E-state index contributed by atoms with van der Waals surface area (Å²) in [4.78, 5) is 30.5. The third-order valence-corrected chi connectivity index (χ3v) is 6.92. The van der Waals surface area contributed by atoms with E-state index in [0.717, 1.165) is 16.8 Å². The second kappa shape index (κ2) is 8.04. The molecule has 166 valence electrons. The SMILES string of the molecule is CN1C(=O)C2C(NC3N(Cc4ccc(Cl)c(Cl)c4)N=C(c4ccccc4)CN23)N(C)C1=O. The first-order valence-corrected chi connectivity index (χ1v) is 11.0. The van der Waals surface area contributed by atoms with E-state index in [-0.39, 0.29) is 18.2 Å². The van der Waals surface area contributed by atoms with Crippen LogP contribution in [0, 0.1) is 0 Å². The van der Waals surface area contributed by atoms with Crippen molar-refractivity contribution >= 4 is 40.9 Å². The lowest BCUT2D eigenvalue weighted by Crippen LogP contribution is -2.65. The van der Waals surface area contributed by atoms with Crippen LogP contribution in [0.2, 0.25) is 10.0 Å². The van der Waals surface area contributed by atoms with Gasteiger partial charge in [-0.2, -0.15) is 5.10 Å². The highest BCUT2D eigenvalue weighted by Crippen LogP contribution is 2.32. The smallest absolute Gasteiger partial charge is 0.310 e. The molecule has 3 heterocycles. The fourth-order valence-electron chi connectivity index (χ4n) is 4.50. The Hall–Kier alpha value is -2.65. The minimum atomic E-state index is -0.516. The van der Waals surface area contributed by atoms with Crippen molar-refractivity contribution in [2.75, 3.05) is 20.6 Å². The Bertz CT molecular complexity index is 1110. The van der Waals surface area contributed by atoms with Crippen molar-refractivity contribution in [3.05, 3.63) is 69.7 Å².